The Balaban J connectivity index is 2.32. The Morgan fingerprint density at radius 1 is 1.25 bits per heavy atom. The van der Waals surface area contributed by atoms with Crippen molar-refractivity contribution in [1.82, 2.24) is 9.78 Å². The molecule has 0 spiro atoms. The second-order valence-corrected chi connectivity index (χ2v) is 6.46. The topological polar surface area (TPSA) is 73.6 Å². The van der Waals surface area contributed by atoms with Crippen molar-refractivity contribution in [2.75, 3.05) is 6.61 Å². The van der Waals surface area contributed by atoms with Gasteiger partial charge in [0.2, 0.25) is 0 Å². The molecule has 0 radical (unpaired) electrons. The first-order valence-electron chi connectivity index (χ1n) is 8.91. The number of rotatable bonds is 8. The molecule has 0 aliphatic heterocycles. The van der Waals surface area contributed by atoms with E-state index >= 15 is 0 Å². The Kier molecular flexibility index (Phi) is 6.93. The molecular formula is C19H23F3N2O4. The van der Waals surface area contributed by atoms with E-state index in [1.165, 1.54) is 16.9 Å². The number of alkyl halides is 3. The smallest absolute Gasteiger partial charge is 0.493 e. The zero-order valence-electron chi connectivity index (χ0n) is 15.9. The molecule has 154 valence electrons. The maximum Gasteiger partial charge on any atom is 0.511 e. The predicted octanol–water partition coefficient (Wildman–Crippen LogP) is 5.13. The van der Waals surface area contributed by atoms with Gasteiger partial charge in [-0.3, -0.25) is 4.68 Å². The number of nitrogens with zero attached hydrogens (tertiary/aromatic N) is 2. The molecule has 0 fully saturated rings. The molecule has 28 heavy (non-hydrogen) atoms. The number of carbonyl (C=O) groups is 1. The molecule has 2 rings (SSSR count). The van der Waals surface area contributed by atoms with Gasteiger partial charge in [-0.05, 0) is 31.0 Å². The van der Waals surface area contributed by atoms with Crippen LogP contribution in [0.4, 0.5) is 18.0 Å². The van der Waals surface area contributed by atoms with Crippen LogP contribution in [-0.2, 0) is 12.7 Å². The Morgan fingerprint density at radius 3 is 2.50 bits per heavy atom. The average Bonchev–Trinajstić information content (AvgIpc) is 2.94. The van der Waals surface area contributed by atoms with Crippen LogP contribution in [0.2, 0.25) is 0 Å². The van der Waals surface area contributed by atoms with Gasteiger partial charge < -0.3 is 14.6 Å². The Labute approximate surface area is 160 Å². The lowest BCUT2D eigenvalue weighted by Gasteiger charge is -2.18. The predicted molar refractivity (Wildman–Crippen MR) is 95.7 cm³/mol. The second-order valence-electron chi connectivity index (χ2n) is 6.46. The van der Waals surface area contributed by atoms with Crippen LogP contribution in [0.1, 0.15) is 43.5 Å². The van der Waals surface area contributed by atoms with Crippen LogP contribution in [0.5, 0.6) is 11.5 Å². The first-order chi connectivity index (χ1) is 13.1. The van der Waals surface area contributed by atoms with Gasteiger partial charge in [0.05, 0.1) is 24.9 Å². The number of hydrogen-bond donors (Lipinski definition) is 1. The van der Waals surface area contributed by atoms with Gasteiger partial charge in [0.1, 0.15) is 11.4 Å². The highest BCUT2D eigenvalue weighted by Crippen LogP contribution is 2.33. The van der Waals surface area contributed by atoms with Gasteiger partial charge in [-0.15, -0.1) is 0 Å². The quantitative estimate of drug-likeness (QED) is 0.622. The minimum Gasteiger partial charge on any atom is -0.493 e. The molecule has 1 N–H and O–H groups in total. The first-order valence-corrected chi connectivity index (χ1v) is 8.91. The number of carboxylic acid groups (broad SMARTS) is 1. The summed E-state index contributed by atoms with van der Waals surface area (Å²) >= 11 is 0. The third kappa shape index (κ3) is 5.64. The van der Waals surface area contributed by atoms with Crippen molar-refractivity contribution in [2.24, 2.45) is 5.92 Å². The van der Waals surface area contributed by atoms with Gasteiger partial charge in [0, 0.05) is 5.56 Å². The molecule has 9 heteroatoms. The van der Waals surface area contributed by atoms with E-state index < -0.39 is 17.9 Å². The number of aromatic nitrogens is 2. The minimum absolute atomic E-state index is 0.0218. The van der Waals surface area contributed by atoms with Gasteiger partial charge in [-0.1, -0.05) is 26.7 Å². The van der Waals surface area contributed by atoms with E-state index in [4.69, 9.17) is 9.84 Å². The summed E-state index contributed by atoms with van der Waals surface area (Å²) in [5, 5.41) is 12.8. The molecule has 0 aliphatic carbocycles. The zero-order valence-corrected chi connectivity index (χ0v) is 15.9. The van der Waals surface area contributed by atoms with Gasteiger partial charge in [-0.25, -0.2) is 4.79 Å². The molecule has 2 aromatic rings. The van der Waals surface area contributed by atoms with Gasteiger partial charge in [-0.2, -0.15) is 18.3 Å². The number of hydrogen-bond acceptors (Lipinski definition) is 4. The largest absolute Gasteiger partial charge is 0.511 e. The summed E-state index contributed by atoms with van der Waals surface area (Å²) < 4.78 is 51.1. The van der Waals surface area contributed by atoms with Crippen molar-refractivity contribution in [3.63, 3.8) is 0 Å². The third-order valence-electron chi connectivity index (χ3n) is 4.45. The van der Waals surface area contributed by atoms with Crippen LogP contribution in [0.25, 0.3) is 0 Å². The lowest BCUT2D eigenvalue weighted by molar-refractivity contribution is -0.137. The summed E-state index contributed by atoms with van der Waals surface area (Å²) in [6.45, 7) is 5.98. The van der Waals surface area contributed by atoms with Crippen LogP contribution in [0.3, 0.4) is 0 Å². The van der Waals surface area contributed by atoms with E-state index in [1.807, 2.05) is 13.8 Å². The Morgan fingerprint density at radius 2 is 1.93 bits per heavy atom. The van der Waals surface area contributed by atoms with E-state index in [9.17, 15) is 18.0 Å². The van der Waals surface area contributed by atoms with Gasteiger partial charge in [0.25, 0.3) is 0 Å². The summed E-state index contributed by atoms with van der Waals surface area (Å²) in [6, 6.07) is 3.32. The highest BCUT2D eigenvalue weighted by atomic mass is 19.4. The fourth-order valence-electron chi connectivity index (χ4n) is 2.70. The third-order valence-corrected chi connectivity index (χ3v) is 4.45. The molecule has 1 aromatic carbocycles. The number of ether oxygens (including phenoxy) is 2. The van der Waals surface area contributed by atoms with Gasteiger partial charge >= 0.3 is 12.3 Å². The minimum atomic E-state index is -4.49. The maximum absolute atomic E-state index is 13.1. The molecule has 6 nitrogen and oxygen atoms in total. The highest BCUT2D eigenvalue weighted by Gasteiger charge is 2.31. The molecule has 0 saturated carbocycles. The van der Waals surface area contributed by atoms with Gasteiger partial charge in [0.15, 0.2) is 5.75 Å². The molecule has 0 saturated heterocycles. The van der Waals surface area contributed by atoms with Crippen molar-refractivity contribution in [2.45, 2.75) is 46.3 Å². The summed E-state index contributed by atoms with van der Waals surface area (Å²) in [4.78, 5) is 10.7. The van der Waals surface area contributed by atoms with E-state index in [0.717, 1.165) is 25.0 Å². The van der Waals surface area contributed by atoms with E-state index in [-0.39, 0.29) is 12.3 Å². The average molecular weight is 400 g/mol. The van der Waals surface area contributed by atoms with Crippen LogP contribution < -0.4 is 9.47 Å². The Hall–Kier alpha value is -2.71. The highest BCUT2D eigenvalue weighted by molar-refractivity contribution is 5.61. The van der Waals surface area contributed by atoms with Crippen molar-refractivity contribution < 1.29 is 32.5 Å². The van der Waals surface area contributed by atoms with Crippen molar-refractivity contribution in [3.8, 4) is 11.5 Å². The summed E-state index contributed by atoms with van der Waals surface area (Å²) in [5.74, 6) is 0.672. The number of benzene rings is 1. The summed E-state index contributed by atoms with van der Waals surface area (Å²) in [6.07, 6.45) is -2.84. The van der Waals surface area contributed by atoms with E-state index in [2.05, 4.69) is 9.84 Å². The fourth-order valence-corrected chi connectivity index (χ4v) is 2.70. The number of halogens is 3. The molecule has 0 amide bonds. The first kappa shape index (κ1) is 21.6. The van der Waals surface area contributed by atoms with E-state index in [1.54, 1.807) is 6.92 Å². The normalized spacial score (nSPS) is 11.7. The van der Waals surface area contributed by atoms with Crippen LogP contribution in [0, 0.1) is 12.8 Å². The molecular weight excluding hydrogens is 377 g/mol. The molecule has 0 bridgehead atoms. The fraction of sp³-hybridized carbons (Fsp3) is 0.474. The Bertz CT molecular complexity index is 814. The summed E-state index contributed by atoms with van der Waals surface area (Å²) in [5.41, 5.74) is -0.178. The summed E-state index contributed by atoms with van der Waals surface area (Å²) in [7, 11) is 0. The van der Waals surface area contributed by atoms with Crippen molar-refractivity contribution >= 4 is 6.16 Å². The molecule has 0 aliphatic rings. The molecule has 1 aromatic heterocycles. The van der Waals surface area contributed by atoms with Crippen molar-refractivity contribution in [1.29, 1.82) is 0 Å². The molecule has 1 heterocycles. The van der Waals surface area contributed by atoms with Crippen LogP contribution in [-0.4, -0.2) is 27.6 Å². The molecule has 0 unspecified atom stereocenters. The standard InChI is InChI=1S/C19H23F3N2O4/c1-4-13(5-2)11-27-16-7-6-15(19(20,21)22)8-14(16)9-24-10-17(12(3)23-24)28-18(25)26/h6-8,10,13H,4-5,9,11H2,1-3H3,(H,25,26). The zero-order chi connectivity index (χ0) is 20.9. The van der Waals surface area contributed by atoms with Crippen LogP contribution >= 0.6 is 0 Å². The second kappa shape index (κ2) is 8.99. The monoisotopic (exact) mass is 400 g/mol. The SMILES string of the molecule is CCC(CC)COc1ccc(C(F)(F)F)cc1Cn1cc(OC(=O)O)c(C)n1. The maximum atomic E-state index is 13.1. The lowest BCUT2D eigenvalue weighted by atomic mass is 10.0. The molecule has 0 atom stereocenters. The number of aryl methyl sites for hydroxylation is 1. The van der Waals surface area contributed by atoms with Crippen molar-refractivity contribution in [3.05, 3.63) is 41.2 Å². The lowest BCUT2D eigenvalue weighted by Crippen LogP contribution is -2.13. The van der Waals surface area contributed by atoms with E-state index in [0.29, 0.717) is 29.5 Å². The van der Waals surface area contributed by atoms with Crippen LogP contribution in [0.15, 0.2) is 24.4 Å².